The minimum Gasteiger partial charge on any atom is -0.461 e. The lowest BCUT2D eigenvalue weighted by Crippen LogP contribution is -2.22. The quantitative estimate of drug-likeness (QED) is 0.764. The summed E-state index contributed by atoms with van der Waals surface area (Å²) in [5.41, 5.74) is 1.22. The molecule has 0 radical (unpaired) electrons. The zero-order valence-electron chi connectivity index (χ0n) is 13.4. The van der Waals surface area contributed by atoms with E-state index in [2.05, 4.69) is 9.71 Å². The predicted octanol–water partition coefficient (Wildman–Crippen LogP) is 3.17. The van der Waals surface area contributed by atoms with Gasteiger partial charge in [-0.15, -0.1) is 0 Å². The molecule has 0 bridgehead atoms. The zero-order chi connectivity index (χ0) is 18.7. The van der Waals surface area contributed by atoms with E-state index in [4.69, 9.17) is 27.9 Å². The van der Waals surface area contributed by atoms with Crippen molar-refractivity contribution in [1.82, 2.24) is 4.72 Å². The van der Waals surface area contributed by atoms with Gasteiger partial charge in [0.15, 0.2) is 0 Å². The summed E-state index contributed by atoms with van der Waals surface area (Å²) >= 11 is 11.7. The first-order chi connectivity index (χ1) is 12.4. The molecular formula is C17H14Cl2N2O4S. The van der Waals surface area contributed by atoms with Crippen LogP contribution in [0.3, 0.4) is 0 Å². The molecule has 0 saturated heterocycles. The number of carbonyl (C=O) groups is 1. The Morgan fingerprint density at radius 3 is 2.65 bits per heavy atom. The topological polar surface area (TPSA) is 84.8 Å². The van der Waals surface area contributed by atoms with Crippen molar-refractivity contribution in [3.05, 3.63) is 63.6 Å². The van der Waals surface area contributed by atoms with Crippen LogP contribution in [-0.2, 0) is 26.2 Å². The molecule has 2 aromatic rings. The van der Waals surface area contributed by atoms with Crippen molar-refractivity contribution >= 4 is 45.0 Å². The number of aliphatic imine (C=N–C) groups is 1. The van der Waals surface area contributed by atoms with Crippen LogP contribution in [0.15, 0.2) is 52.4 Å². The maximum Gasteiger partial charge on any atom is 0.308 e. The molecule has 2 aromatic carbocycles. The molecule has 0 spiro atoms. The lowest BCUT2D eigenvalue weighted by Gasteiger charge is -2.05. The molecule has 136 valence electrons. The van der Waals surface area contributed by atoms with Crippen LogP contribution in [0.2, 0.25) is 10.0 Å². The molecule has 1 heterocycles. The molecule has 0 unspecified atom stereocenters. The number of carbonyl (C=O) groups excluding carboxylic acids is 1. The molecule has 3 rings (SSSR count). The summed E-state index contributed by atoms with van der Waals surface area (Å²) in [6.45, 7) is 0.175. The van der Waals surface area contributed by atoms with Crippen LogP contribution < -0.4 is 4.72 Å². The molecule has 0 aliphatic carbocycles. The first kappa shape index (κ1) is 18.7. The molecule has 0 amide bonds. The largest absolute Gasteiger partial charge is 0.461 e. The maximum absolute atomic E-state index is 12.0. The maximum atomic E-state index is 12.0. The van der Waals surface area contributed by atoms with Gasteiger partial charge in [-0.25, -0.2) is 8.42 Å². The van der Waals surface area contributed by atoms with Gasteiger partial charge in [0.1, 0.15) is 12.4 Å². The third-order valence-electron chi connectivity index (χ3n) is 3.63. The van der Waals surface area contributed by atoms with Gasteiger partial charge < -0.3 is 4.74 Å². The highest BCUT2D eigenvalue weighted by Gasteiger charge is 2.29. The van der Waals surface area contributed by atoms with E-state index < -0.39 is 16.0 Å². The van der Waals surface area contributed by atoms with Crippen LogP contribution in [0.4, 0.5) is 0 Å². The van der Waals surface area contributed by atoms with Gasteiger partial charge in [-0.3, -0.25) is 14.5 Å². The number of nitrogens with one attached hydrogen (secondary N) is 1. The van der Waals surface area contributed by atoms with Crippen molar-refractivity contribution in [3.63, 3.8) is 0 Å². The SMILES string of the molecule is O=C(CCN=C1NS(=O)(=O)c2ccccc21)OCc1ccc(Cl)c(Cl)c1. The second-order valence-corrected chi connectivity index (χ2v) is 7.96. The smallest absolute Gasteiger partial charge is 0.308 e. The molecule has 0 fully saturated rings. The van der Waals surface area contributed by atoms with Crippen LogP contribution in [0, 0.1) is 0 Å². The van der Waals surface area contributed by atoms with Gasteiger partial charge in [0, 0.05) is 5.56 Å². The number of amidine groups is 1. The van der Waals surface area contributed by atoms with E-state index in [0.717, 1.165) is 5.56 Å². The summed E-state index contributed by atoms with van der Waals surface area (Å²) in [5.74, 6) is -0.215. The molecule has 1 N–H and O–H groups in total. The third kappa shape index (κ3) is 4.17. The molecule has 0 aromatic heterocycles. The Kier molecular flexibility index (Phi) is 5.50. The fourth-order valence-corrected chi connectivity index (χ4v) is 3.95. The minimum atomic E-state index is -3.58. The second kappa shape index (κ2) is 7.65. The lowest BCUT2D eigenvalue weighted by molar-refractivity contribution is -0.144. The van der Waals surface area contributed by atoms with E-state index in [1.807, 2.05) is 0 Å². The Labute approximate surface area is 160 Å². The summed E-state index contributed by atoms with van der Waals surface area (Å²) in [6, 6.07) is 11.5. The molecule has 9 heteroatoms. The summed E-state index contributed by atoms with van der Waals surface area (Å²) in [7, 11) is -3.58. The Morgan fingerprint density at radius 2 is 1.88 bits per heavy atom. The molecule has 6 nitrogen and oxygen atoms in total. The Hall–Kier alpha value is -2.09. The Balaban J connectivity index is 1.56. The fourth-order valence-electron chi connectivity index (χ4n) is 2.38. The van der Waals surface area contributed by atoms with Gasteiger partial charge in [-0.1, -0.05) is 41.4 Å². The predicted molar refractivity (Wildman–Crippen MR) is 99.0 cm³/mol. The monoisotopic (exact) mass is 412 g/mol. The van der Waals surface area contributed by atoms with Crippen molar-refractivity contribution in [3.8, 4) is 0 Å². The van der Waals surface area contributed by atoms with Crippen molar-refractivity contribution < 1.29 is 17.9 Å². The van der Waals surface area contributed by atoms with Gasteiger partial charge in [-0.2, -0.15) is 0 Å². The van der Waals surface area contributed by atoms with Crippen LogP contribution in [0.25, 0.3) is 0 Å². The first-order valence-electron chi connectivity index (χ1n) is 7.63. The molecule has 1 aliphatic heterocycles. The van der Waals surface area contributed by atoms with Crippen LogP contribution in [0.1, 0.15) is 17.5 Å². The fraction of sp³-hybridized carbons (Fsp3) is 0.176. The number of hydrogen-bond acceptors (Lipinski definition) is 5. The van der Waals surface area contributed by atoms with Gasteiger partial charge >= 0.3 is 5.97 Å². The van der Waals surface area contributed by atoms with E-state index >= 15 is 0 Å². The standard InChI is InChI=1S/C17H14Cl2N2O4S/c18-13-6-5-11(9-14(13)19)10-25-16(22)7-8-20-17-12-3-1-2-4-15(12)26(23,24)21-17/h1-6,9H,7-8,10H2,(H,20,21). The first-order valence-corrected chi connectivity index (χ1v) is 9.87. The van der Waals surface area contributed by atoms with Crippen molar-refractivity contribution in [2.45, 2.75) is 17.9 Å². The Morgan fingerprint density at radius 1 is 1.12 bits per heavy atom. The third-order valence-corrected chi connectivity index (χ3v) is 5.77. The van der Waals surface area contributed by atoms with E-state index in [0.29, 0.717) is 15.6 Å². The number of fused-ring (bicyclic) bond motifs is 1. The zero-order valence-corrected chi connectivity index (χ0v) is 15.7. The van der Waals surface area contributed by atoms with Crippen LogP contribution in [-0.4, -0.2) is 26.8 Å². The van der Waals surface area contributed by atoms with E-state index in [1.165, 1.54) is 6.07 Å². The molecule has 1 aliphatic rings. The molecule has 0 atom stereocenters. The molecule has 26 heavy (non-hydrogen) atoms. The Bertz CT molecular complexity index is 990. The highest BCUT2D eigenvalue weighted by molar-refractivity contribution is 7.90. The number of esters is 1. The van der Waals surface area contributed by atoms with Gasteiger partial charge in [0.25, 0.3) is 10.0 Å². The summed E-state index contributed by atoms with van der Waals surface area (Å²) < 4.78 is 31.5. The minimum absolute atomic E-state index is 0.0225. The van der Waals surface area contributed by atoms with Gasteiger partial charge in [0.05, 0.1) is 27.9 Å². The number of sulfonamides is 1. The summed E-state index contributed by atoms with van der Waals surface area (Å²) in [4.78, 5) is 16.2. The van der Waals surface area contributed by atoms with Crippen molar-refractivity contribution in [2.24, 2.45) is 4.99 Å². The van der Waals surface area contributed by atoms with Gasteiger partial charge in [-0.05, 0) is 29.8 Å². The number of hydrogen-bond donors (Lipinski definition) is 1. The van der Waals surface area contributed by atoms with E-state index in [-0.39, 0.29) is 30.3 Å². The highest BCUT2D eigenvalue weighted by Crippen LogP contribution is 2.23. The van der Waals surface area contributed by atoms with Crippen LogP contribution >= 0.6 is 23.2 Å². The van der Waals surface area contributed by atoms with E-state index in [1.54, 1.807) is 36.4 Å². The van der Waals surface area contributed by atoms with Gasteiger partial charge in [0.2, 0.25) is 0 Å². The number of nitrogens with zero attached hydrogens (tertiary/aromatic N) is 1. The van der Waals surface area contributed by atoms with Crippen LogP contribution in [0.5, 0.6) is 0 Å². The number of halogens is 2. The highest BCUT2D eigenvalue weighted by atomic mass is 35.5. The summed E-state index contributed by atoms with van der Waals surface area (Å²) in [5, 5.41) is 0.815. The molecule has 0 saturated carbocycles. The van der Waals surface area contributed by atoms with Crippen molar-refractivity contribution in [2.75, 3.05) is 6.54 Å². The lowest BCUT2D eigenvalue weighted by atomic mass is 10.2. The number of rotatable bonds is 5. The average Bonchev–Trinajstić information content (AvgIpc) is 2.87. The number of ether oxygens (including phenoxy) is 1. The summed E-state index contributed by atoms with van der Waals surface area (Å²) in [6.07, 6.45) is 0.0225. The average molecular weight is 413 g/mol. The second-order valence-electron chi connectivity index (χ2n) is 5.49. The number of benzene rings is 2. The van der Waals surface area contributed by atoms with E-state index in [9.17, 15) is 13.2 Å². The van der Waals surface area contributed by atoms with Crippen molar-refractivity contribution in [1.29, 1.82) is 0 Å². The normalized spacial score (nSPS) is 16.2. The molecular weight excluding hydrogens is 399 g/mol.